The SMILES string of the molecule is Cc1cccc(C(C)C)c1NC(=O)[C@@H]1CCCN(S(=O)(=O)c2cc(Cl)ccc2Cl)C1. The smallest absolute Gasteiger partial charge is 0.244 e. The number of piperidine rings is 1. The maximum absolute atomic E-state index is 13.1. The average molecular weight is 469 g/mol. The highest BCUT2D eigenvalue weighted by molar-refractivity contribution is 7.89. The Bertz CT molecular complexity index is 1050. The molecule has 1 amide bonds. The molecule has 0 aliphatic carbocycles. The number of halogens is 2. The molecule has 1 atom stereocenters. The zero-order valence-corrected chi connectivity index (χ0v) is 19.6. The molecule has 2 aromatic rings. The Morgan fingerprint density at radius 3 is 2.63 bits per heavy atom. The van der Waals surface area contributed by atoms with Crippen LogP contribution in [0.1, 0.15) is 43.7 Å². The topological polar surface area (TPSA) is 66.5 Å². The number of sulfonamides is 1. The van der Waals surface area contributed by atoms with E-state index in [1.165, 1.54) is 16.4 Å². The number of carbonyl (C=O) groups excluding carboxylic acids is 1. The standard InChI is InChI=1S/C22H26Cl2N2O3S/c1-14(2)18-8-4-6-15(3)21(18)25-22(27)16-7-5-11-26(13-16)30(28,29)20-12-17(23)9-10-19(20)24/h4,6,8-10,12,14,16H,5,7,11,13H2,1-3H3,(H,25,27)/t16-/m1/s1. The summed E-state index contributed by atoms with van der Waals surface area (Å²) in [7, 11) is -3.85. The van der Waals surface area contributed by atoms with Crippen LogP contribution >= 0.6 is 23.2 Å². The van der Waals surface area contributed by atoms with Crippen LogP contribution in [0, 0.1) is 12.8 Å². The van der Waals surface area contributed by atoms with E-state index in [0.717, 1.165) is 16.8 Å². The zero-order valence-electron chi connectivity index (χ0n) is 17.3. The van der Waals surface area contributed by atoms with E-state index in [2.05, 4.69) is 19.2 Å². The second-order valence-corrected chi connectivity index (χ2v) is 10.7. The van der Waals surface area contributed by atoms with Crippen LogP contribution in [-0.4, -0.2) is 31.7 Å². The molecule has 1 fully saturated rings. The summed E-state index contributed by atoms with van der Waals surface area (Å²) in [5.41, 5.74) is 2.87. The first-order chi connectivity index (χ1) is 14.1. The van der Waals surface area contributed by atoms with E-state index in [1.54, 1.807) is 6.07 Å². The Morgan fingerprint density at radius 2 is 1.93 bits per heavy atom. The fourth-order valence-corrected chi connectivity index (χ4v) is 6.02. The highest BCUT2D eigenvalue weighted by atomic mass is 35.5. The summed E-state index contributed by atoms with van der Waals surface area (Å²) < 4.78 is 27.6. The molecule has 0 unspecified atom stereocenters. The van der Waals surface area contributed by atoms with Crippen LogP contribution in [0.2, 0.25) is 10.0 Å². The quantitative estimate of drug-likeness (QED) is 0.632. The molecule has 1 heterocycles. The number of hydrogen-bond acceptors (Lipinski definition) is 3. The van der Waals surface area contributed by atoms with Crippen molar-refractivity contribution in [1.82, 2.24) is 4.31 Å². The number of benzene rings is 2. The van der Waals surface area contributed by atoms with Crippen molar-refractivity contribution in [2.24, 2.45) is 5.92 Å². The number of hydrogen-bond donors (Lipinski definition) is 1. The molecule has 1 aliphatic rings. The van der Waals surface area contributed by atoms with Crippen LogP contribution in [0.15, 0.2) is 41.3 Å². The number of nitrogens with one attached hydrogen (secondary N) is 1. The first-order valence-corrected chi connectivity index (χ1v) is 12.2. The first-order valence-electron chi connectivity index (χ1n) is 9.97. The van der Waals surface area contributed by atoms with Gasteiger partial charge in [0.1, 0.15) is 4.90 Å². The van der Waals surface area contributed by atoms with Crippen molar-refractivity contribution in [3.05, 3.63) is 57.6 Å². The van der Waals surface area contributed by atoms with E-state index in [-0.39, 0.29) is 28.3 Å². The molecular formula is C22H26Cl2N2O3S. The van der Waals surface area contributed by atoms with E-state index < -0.39 is 15.9 Å². The molecule has 1 saturated heterocycles. The maximum atomic E-state index is 13.1. The van der Waals surface area contributed by atoms with Crippen LogP contribution in [0.5, 0.6) is 0 Å². The summed E-state index contributed by atoms with van der Waals surface area (Å²) >= 11 is 12.1. The number of nitrogens with zero attached hydrogens (tertiary/aromatic N) is 1. The Morgan fingerprint density at radius 1 is 1.20 bits per heavy atom. The molecule has 8 heteroatoms. The number of carbonyl (C=O) groups is 1. The lowest BCUT2D eigenvalue weighted by atomic mass is 9.95. The number of para-hydroxylation sites is 1. The van der Waals surface area contributed by atoms with E-state index in [0.29, 0.717) is 24.4 Å². The fraction of sp³-hybridized carbons (Fsp3) is 0.409. The van der Waals surface area contributed by atoms with E-state index in [9.17, 15) is 13.2 Å². The predicted octanol–water partition coefficient (Wildman–Crippen LogP) is 5.46. The second-order valence-electron chi connectivity index (χ2n) is 7.96. The van der Waals surface area contributed by atoms with Crippen molar-refractivity contribution in [3.8, 4) is 0 Å². The minimum atomic E-state index is -3.85. The number of amides is 1. The van der Waals surface area contributed by atoms with Gasteiger partial charge < -0.3 is 5.32 Å². The fourth-order valence-electron chi connectivity index (χ4n) is 3.76. The van der Waals surface area contributed by atoms with Gasteiger partial charge in [-0.25, -0.2) is 8.42 Å². The zero-order chi connectivity index (χ0) is 22.1. The van der Waals surface area contributed by atoms with Gasteiger partial charge in [0.15, 0.2) is 0 Å². The minimum absolute atomic E-state index is 0.0290. The summed E-state index contributed by atoms with van der Waals surface area (Å²) in [6.45, 7) is 6.57. The van der Waals surface area contributed by atoms with Crippen molar-refractivity contribution in [2.45, 2.75) is 44.4 Å². The molecule has 1 aliphatic heterocycles. The lowest BCUT2D eigenvalue weighted by molar-refractivity contribution is -0.120. The highest BCUT2D eigenvalue weighted by Gasteiger charge is 2.34. The molecular weight excluding hydrogens is 443 g/mol. The van der Waals surface area contributed by atoms with E-state index in [1.807, 2.05) is 25.1 Å². The minimum Gasteiger partial charge on any atom is -0.325 e. The molecule has 0 bridgehead atoms. The van der Waals surface area contributed by atoms with Crippen LogP contribution in [0.25, 0.3) is 0 Å². The lowest BCUT2D eigenvalue weighted by Gasteiger charge is -2.31. The van der Waals surface area contributed by atoms with Crippen molar-refractivity contribution in [2.75, 3.05) is 18.4 Å². The summed E-state index contributed by atoms with van der Waals surface area (Å²) in [4.78, 5) is 13.0. The maximum Gasteiger partial charge on any atom is 0.244 e. The third-order valence-corrected chi connectivity index (χ3v) is 8.02. The third kappa shape index (κ3) is 4.83. The van der Waals surface area contributed by atoms with Crippen molar-refractivity contribution < 1.29 is 13.2 Å². The Kier molecular flexibility index (Phi) is 7.13. The monoisotopic (exact) mass is 468 g/mol. The van der Waals surface area contributed by atoms with Crippen LogP contribution in [0.4, 0.5) is 5.69 Å². The van der Waals surface area contributed by atoms with Gasteiger partial charge in [-0.1, -0.05) is 55.2 Å². The van der Waals surface area contributed by atoms with Gasteiger partial charge >= 0.3 is 0 Å². The molecule has 3 rings (SSSR count). The molecule has 0 radical (unpaired) electrons. The van der Waals surface area contributed by atoms with Crippen molar-refractivity contribution in [3.63, 3.8) is 0 Å². The Labute approximate surface area is 188 Å². The summed E-state index contributed by atoms with van der Waals surface area (Å²) in [5, 5.41) is 3.47. The Hall–Kier alpha value is -1.60. The molecule has 0 spiro atoms. The molecule has 162 valence electrons. The summed E-state index contributed by atoms with van der Waals surface area (Å²) in [6, 6.07) is 10.3. The van der Waals surface area contributed by atoms with Crippen molar-refractivity contribution >= 4 is 44.8 Å². The number of anilines is 1. The number of rotatable bonds is 5. The summed E-state index contributed by atoms with van der Waals surface area (Å²) in [6.07, 6.45) is 1.23. The van der Waals surface area contributed by atoms with Gasteiger partial charge in [-0.05, 0) is 55.0 Å². The van der Waals surface area contributed by atoms with Gasteiger partial charge in [0, 0.05) is 23.8 Å². The van der Waals surface area contributed by atoms with Crippen molar-refractivity contribution in [1.29, 1.82) is 0 Å². The van der Waals surface area contributed by atoms with Gasteiger partial charge in [-0.15, -0.1) is 0 Å². The van der Waals surface area contributed by atoms with Crippen LogP contribution < -0.4 is 5.32 Å². The van der Waals surface area contributed by atoms with Gasteiger partial charge in [0.25, 0.3) is 0 Å². The Balaban J connectivity index is 1.82. The second kappa shape index (κ2) is 9.27. The first kappa shape index (κ1) is 23.1. The molecule has 1 N–H and O–H groups in total. The van der Waals surface area contributed by atoms with E-state index in [4.69, 9.17) is 23.2 Å². The molecule has 0 aromatic heterocycles. The average Bonchev–Trinajstić information content (AvgIpc) is 2.71. The normalized spacial score (nSPS) is 17.9. The lowest BCUT2D eigenvalue weighted by Crippen LogP contribution is -2.43. The van der Waals surface area contributed by atoms with Gasteiger partial charge in [0.2, 0.25) is 15.9 Å². The van der Waals surface area contributed by atoms with Gasteiger partial charge in [0.05, 0.1) is 10.9 Å². The molecule has 5 nitrogen and oxygen atoms in total. The molecule has 30 heavy (non-hydrogen) atoms. The highest BCUT2D eigenvalue weighted by Crippen LogP contribution is 2.32. The van der Waals surface area contributed by atoms with E-state index >= 15 is 0 Å². The predicted molar refractivity (Wildman–Crippen MR) is 122 cm³/mol. The third-order valence-electron chi connectivity index (χ3n) is 5.44. The van der Waals surface area contributed by atoms with Gasteiger partial charge in [-0.3, -0.25) is 4.79 Å². The van der Waals surface area contributed by atoms with Gasteiger partial charge in [-0.2, -0.15) is 4.31 Å². The molecule has 2 aromatic carbocycles. The molecule has 0 saturated carbocycles. The van der Waals surface area contributed by atoms with Crippen LogP contribution in [0.3, 0.4) is 0 Å². The number of aryl methyl sites for hydroxylation is 1. The van der Waals surface area contributed by atoms with Crippen LogP contribution in [-0.2, 0) is 14.8 Å². The summed E-state index contributed by atoms with van der Waals surface area (Å²) in [5.74, 6) is -0.345. The largest absolute Gasteiger partial charge is 0.325 e.